The topological polar surface area (TPSA) is 94.1 Å². The van der Waals surface area contributed by atoms with Crippen molar-refractivity contribution in [3.63, 3.8) is 0 Å². The third-order valence-corrected chi connectivity index (χ3v) is 7.19. The number of amidine groups is 1. The number of carbonyl (C=O) groups excluding carboxylic acids is 1. The maximum absolute atomic E-state index is 14.6. The van der Waals surface area contributed by atoms with Gasteiger partial charge < -0.3 is 9.47 Å². The Balaban J connectivity index is 2.66. The molecule has 3 atom stereocenters. The third-order valence-electron chi connectivity index (χ3n) is 5.19. The predicted molar refractivity (Wildman–Crippen MR) is 109 cm³/mol. The number of ether oxygens (including phenoxy) is 2. The number of alkyl carbamates (subject to hydrolysis) is 1. The van der Waals surface area contributed by atoms with Gasteiger partial charge in [-0.3, -0.25) is 10.3 Å². The second-order valence-electron chi connectivity index (χ2n) is 8.65. The highest BCUT2D eigenvalue weighted by Gasteiger charge is 2.54. The van der Waals surface area contributed by atoms with E-state index in [0.29, 0.717) is 0 Å². The fraction of sp³-hybridized carbons (Fsp3) is 0.600. The molecule has 0 fully saturated rings. The van der Waals surface area contributed by atoms with Crippen molar-refractivity contribution in [2.45, 2.75) is 63.0 Å². The Bertz CT molecular complexity index is 925. The molecule has 1 aliphatic rings. The van der Waals surface area contributed by atoms with Crippen molar-refractivity contribution in [2.75, 3.05) is 13.4 Å². The van der Waals surface area contributed by atoms with Crippen molar-refractivity contribution in [1.82, 2.24) is 5.32 Å². The molecular formula is C20H29FN2O5S. The Hall–Kier alpha value is -2.00. The summed E-state index contributed by atoms with van der Waals surface area (Å²) in [6.45, 7) is 8.18. The lowest BCUT2D eigenvalue weighted by atomic mass is 9.78. The van der Waals surface area contributed by atoms with Gasteiger partial charge in [-0.15, -0.1) is 0 Å². The van der Waals surface area contributed by atoms with Gasteiger partial charge in [0.05, 0.1) is 6.10 Å². The first kappa shape index (κ1) is 23.3. The van der Waals surface area contributed by atoms with Crippen LogP contribution in [-0.4, -0.2) is 50.2 Å². The molecule has 2 rings (SSSR count). The van der Waals surface area contributed by atoms with Gasteiger partial charge in [0.2, 0.25) is 0 Å². The van der Waals surface area contributed by atoms with E-state index in [2.05, 4.69) is 10.3 Å². The highest BCUT2D eigenvalue weighted by molar-refractivity contribution is 7.92. The molecule has 9 heteroatoms. The van der Waals surface area contributed by atoms with E-state index in [1.54, 1.807) is 45.9 Å². The van der Waals surface area contributed by atoms with Crippen LogP contribution < -0.4 is 5.32 Å². The zero-order chi connectivity index (χ0) is 22.3. The minimum absolute atomic E-state index is 0.0260. The summed E-state index contributed by atoms with van der Waals surface area (Å²) in [4.78, 5) is 16.9. The van der Waals surface area contributed by atoms with Crippen molar-refractivity contribution in [1.29, 1.82) is 0 Å². The number of benzene rings is 1. The van der Waals surface area contributed by atoms with Crippen LogP contribution in [0.3, 0.4) is 0 Å². The first-order chi connectivity index (χ1) is 13.1. The average molecular weight is 429 g/mol. The van der Waals surface area contributed by atoms with E-state index < -0.39 is 43.7 Å². The molecule has 0 aromatic heterocycles. The zero-order valence-corrected chi connectivity index (χ0v) is 18.7. The molecule has 1 aromatic carbocycles. The molecule has 1 N–H and O–H groups in total. The fourth-order valence-electron chi connectivity index (χ4n) is 3.38. The molecule has 0 aliphatic carbocycles. The maximum Gasteiger partial charge on any atom is 0.413 e. The summed E-state index contributed by atoms with van der Waals surface area (Å²) in [5.41, 5.74) is -1.80. The Morgan fingerprint density at radius 1 is 1.28 bits per heavy atom. The summed E-state index contributed by atoms with van der Waals surface area (Å²) >= 11 is 0. The first-order valence-corrected chi connectivity index (χ1v) is 11.1. The minimum atomic E-state index is -3.72. The van der Waals surface area contributed by atoms with Gasteiger partial charge >= 0.3 is 6.09 Å². The van der Waals surface area contributed by atoms with Crippen molar-refractivity contribution in [3.8, 4) is 0 Å². The van der Waals surface area contributed by atoms with Crippen molar-refractivity contribution in [2.24, 2.45) is 4.99 Å². The number of carbonyl (C=O) groups is 1. The van der Waals surface area contributed by atoms with E-state index in [0.717, 1.165) is 6.26 Å². The second kappa shape index (κ2) is 7.68. The van der Waals surface area contributed by atoms with Crippen LogP contribution in [-0.2, 0) is 24.8 Å². The lowest BCUT2D eigenvalue weighted by Gasteiger charge is -2.45. The molecule has 29 heavy (non-hydrogen) atoms. The Morgan fingerprint density at radius 3 is 2.34 bits per heavy atom. The Labute approximate surface area is 171 Å². The zero-order valence-electron chi connectivity index (χ0n) is 17.9. The normalized spacial score (nSPS) is 27.9. The highest BCUT2D eigenvalue weighted by atomic mass is 32.2. The summed E-state index contributed by atoms with van der Waals surface area (Å²) in [5.74, 6) is -0.603. The van der Waals surface area contributed by atoms with E-state index in [4.69, 9.17) is 9.47 Å². The number of hydrogen-bond acceptors (Lipinski definition) is 6. The van der Waals surface area contributed by atoms with E-state index >= 15 is 0 Å². The molecule has 0 radical (unpaired) electrons. The van der Waals surface area contributed by atoms with Crippen LogP contribution in [0.15, 0.2) is 29.3 Å². The second-order valence-corrected chi connectivity index (χ2v) is 11.1. The van der Waals surface area contributed by atoms with Crippen molar-refractivity contribution < 1.29 is 27.1 Å². The van der Waals surface area contributed by atoms with Crippen LogP contribution in [0.4, 0.5) is 9.18 Å². The molecule has 1 aliphatic heterocycles. The number of rotatable bonds is 3. The van der Waals surface area contributed by atoms with Gasteiger partial charge in [-0.1, -0.05) is 18.2 Å². The number of nitrogens with zero attached hydrogens (tertiary/aromatic N) is 1. The quantitative estimate of drug-likeness (QED) is 0.798. The van der Waals surface area contributed by atoms with Gasteiger partial charge in [0.1, 0.15) is 27.5 Å². The number of aliphatic imine (C=N–C) groups is 1. The largest absolute Gasteiger partial charge is 0.444 e. The number of halogens is 1. The van der Waals surface area contributed by atoms with E-state index in [1.165, 1.54) is 20.1 Å². The Kier molecular flexibility index (Phi) is 6.17. The van der Waals surface area contributed by atoms with Crippen LogP contribution in [0.5, 0.6) is 0 Å². The standard InChI is InChI=1S/C20H29FN2O5S/c1-18(2,3)28-17(24)22-16-19(4,29(7,25)26)12-15(27-6)20(5,23-16)13-10-8-9-11-14(13)21/h8-11,15H,12H2,1-7H3,(H,22,23,24)/t15-,19-,20+/m0/s1. The number of hydrogen-bond donors (Lipinski definition) is 1. The number of sulfone groups is 1. The van der Waals surface area contributed by atoms with Gasteiger partial charge in [-0.25, -0.2) is 17.6 Å². The van der Waals surface area contributed by atoms with Crippen LogP contribution in [0.25, 0.3) is 0 Å². The van der Waals surface area contributed by atoms with Crippen molar-refractivity contribution in [3.05, 3.63) is 35.6 Å². The maximum atomic E-state index is 14.6. The third kappa shape index (κ3) is 4.61. The molecule has 1 amide bonds. The summed E-state index contributed by atoms with van der Waals surface area (Å²) in [7, 11) is -2.30. The lowest BCUT2D eigenvalue weighted by molar-refractivity contribution is 0.0233. The molecule has 1 heterocycles. The smallest absolute Gasteiger partial charge is 0.413 e. The molecule has 7 nitrogen and oxygen atoms in total. The van der Waals surface area contributed by atoms with Gasteiger partial charge in [0.15, 0.2) is 9.84 Å². The Morgan fingerprint density at radius 2 is 1.86 bits per heavy atom. The fourth-order valence-corrected chi connectivity index (χ4v) is 4.28. The molecule has 0 spiro atoms. The van der Waals surface area contributed by atoms with E-state index in [9.17, 15) is 17.6 Å². The van der Waals surface area contributed by atoms with Crippen LogP contribution >= 0.6 is 0 Å². The predicted octanol–water partition coefficient (Wildman–Crippen LogP) is 3.19. The highest BCUT2D eigenvalue weighted by Crippen LogP contribution is 2.43. The lowest BCUT2D eigenvalue weighted by Crippen LogP contribution is -2.60. The number of nitrogens with one attached hydrogen (secondary N) is 1. The molecule has 0 saturated heterocycles. The van der Waals surface area contributed by atoms with E-state index in [-0.39, 0.29) is 17.8 Å². The van der Waals surface area contributed by atoms with Gasteiger partial charge in [-0.2, -0.15) is 0 Å². The monoisotopic (exact) mass is 428 g/mol. The van der Waals surface area contributed by atoms with Gasteiger partial charge in [0, 0.05) is 25.3 Å². The number of methoxy groups -OCH3 is 1. The molecule has 0 bridgehead atoms. The van der Waals surface area contributed by atoms with E-state index in [1.807, 2.05) is 0 Å². The summed E-state index contributed by atoms with van der Waals surface area (Å²) in [5, 5.41) is 2.49. The molecule has 0 saturated carbocycles. The van der Waals surface area contributed by atoms with Crippen LogP contribution in [0.1, 0.15) is 46.6 Å². The van der Waals surface area contributed by atoms with Crippen LogP contribution in [0.2, 0.25) is 0 Å². The van der Waals surface area contributed by atoms with Gasteiger partial charge in [-0.05, 0) is 40.7 Å². The SMILES string of the molecule is CO[C@H]1C[C@](C)(S(C)(=O)=O)C(NC(=O)OC(C)(C)C)=N[C@]1(C)c1ccccc1F. The summed E-state index contributed by atoms with van der Waals surface area (Å²) in [6, 6.07) is 6.08. The van der Waals surface area contributed by atoms with Crippen molar-refractivity contribution >= 4 is 21.8 Å². The number of amides is 1. The first-order valence-electron chi connectivity index (χ1n) is 9.22. The van der Waals surface area contributed by atoms with Crippen LogP contribution in [0, 0.1) is 5.82 Å². The molecule has 1 aromatic rings. The molecular weight excluding hydrogens is 399 g/mol. The molecule has 162 valence electrons. The van der Waals surface area contributed by atoms with Gasteiger partial charge in [0.25, 0.3) is 0 Å². The minimum Gasteiger partial charge on any atom is -0.444 e. The summed E-state index contributed by atoms with van der Waals surface area (Å²) < 4.78 is 49.2. The summed E-state index contributed by atoms with van der Waals surface area (Å²) in [6.07, 6.45) is -0.541. The average Bonchev–Trinajstić information content (AvgIpc) is 2.55. The molecule has 0 unspecified atom stereocenters.